The summed E-state index contributed by atoms with van der Waals surface area (Å²) in [6.07, 6.45) is 0.345. The second-order valence-electron chi connectivity index (χ2n) is 5.76. The smallest absolute Gasteiger partial charge is 0.227 e. The van der Waals surface area contributed by atoms with Crippen molar-refractivity contribution in [3.63, 3.8) is 0 Å². The molecule has 0 aromatic heterocycles. The third-order valence-electron chi connectivity index (χ3n) is 3.94. The number of amides is 1. The maximum atomic E-state index is 12.4. The minimum absolute atomic E-state index is 0.0538. The SMILES string of the molecule is COc1cccc(CC(=O)N(C)Cc2ccc3c(c2)OCCO3)c1. The zero-order valence-corrected chi connectivity index (χ0v) is 14.0. The van der Waals surface area contributed by atoms with Gasteiger partial charge in [0.25, 0.3) is 0 Å². The highest BCUT2D eigenvalue weighted by Gasteiger charge is 2.15. The van der Waals surface area contributed by atoms with Crippen LogP contribution in [0.15, 0.2) is 42.5 Å². The van der Waals surface area contributed by atoms with Gasteiger partial charge in [-0.1, -0.05) is 18.2 Å². The summed E-state index contributed by atoms with van der Waals surface area (Å²) in [5.74, 6) is 2.32. The van der Waals surface area contributed by atoms with Gasteiger partial charge >= 0.3 is 0 Å². The van der Waals surface area contributed by atoms with Crippen molar-refractivity contribution in [3.8, 4) is 17.2 Å². The minimum atomic E-state index is 0.0538. The largest absolute Gasteiger partial charge is 0.497 e. The van der Waals surface area contributed by atoms with Crippen LogP contribution in [0.3, 0.4) is 0 Å². The Morgan fingerprint density at radius 2 is 1.88 bits per heavy atom. The van der Waals surface area contributed by atoms with Crippen LogP contribution < -0.4 is 14.2 Å². The first-order valence-electron chi connectivity index (χ1n) is 7.91. The molecule has 126 valence electrons. The van der Waals surface area contributed by atoms with Crippen LogP contribution in [0.25, 0.3) is 0 Å². The number of hydrogen-bond donors (Lipinski definition) is 0. The van der Waals surface area contributed by atoms with Gasteiger partial charge in [0.1, 0.15) is 19.0 Å². The van der Waals surface area contributed by atoms with E-state index in [2.05, 4.69) is 0 Å². The lowest BCUT2D eigenvalue weighted by Crippen LogP contribution is -2.27. The zero-order valence-electron chi connectivity index (χ0n) is 14.0. The van der Waals surface area contributed by atoms with E-state index in [-0.39, 0.29) is 5.91 Å². The average molecular weight is 327 g/mol. The number of likely N-dealkylation sites (N-methyl/N-ethyl adjacent to an activating group) is 1. The molecule has 5 nitrogen and oxygen atoms in total. The highest BCUT2D eigenvalue weighted by atomic mass is 16.6. The zero-order chi connectivity index (χ0) is 16.9. The maximum absolute atomic E-state index is 12.4. The standard InChI is InChI=1S/C19H21NO4/c1-20(19(21)12-14-4-3-5-16(10-14)22-2)13-15-6-7-17-18(11-15)24-9-8-23-17/h3-7,10-11H,8-9,12-13H2,1-2H3. The van der Waals surface area contributed by atoms with Crippen molar-refractivity contribution in [1.82, 2.24) is 4.90 Å². The van der Waals surface area contributed by atoms with E-state index in [0.717, 1.165) is 28.4 Å². The van der Waals surface area contributed by atoms with Crippen LogP contribution in [0.4, 0.5) is 0 Å². The number of methoxy groups -OCH3 is 1. The van der Waals surface area contributed by atoms with Crippen LogP contribution in [-0.2, 0) is 17.8 Å². The molecule has 5 heteroatoms. The molecule has 0 bridgehead atoms. The van der Waals surface area contributed by atoms with Gasteiger partial charge in [-0.3, -0.25) is 4.79 Å². The molecule has 1 aliphatic rings. The first-order valence-corrected chi connectivity index (χ1v) is 7.91. The molecule has 1 amide bonds. The molecule has 2 aromatic carbocycles. The van der Waals surface area contributed by atoms with Crippen LogP contribution in [0, 0.1) is 0 Å². The van der Waals surface area contributed by atoms with Crippen LogP contribution in [0.5, 0.6) is 17.2 Å². The van der Waals surface area contributed by atoms with Crippen LogP contribution >= 0.6 is 0 Å². The lowest BCUT2D eigenvalue weighted by molar-refractivity contribution is -0.129. The summed E-state index contributed by atoms with van der Waals surface area (Å²) in [6, 6.07) is 13.4. The molecular weight excluding hydrogens is 306 g/mol. The van der Waals surface area contributed by atoms with Gasteiger partial charge in [-0.25, -0.2) is 0 Å². The molecule has 3 rings (SSSR count). The van der Waals surface area contributed by atoms with Gasteiger partial charge in [0, 0.05) is 13.6 Å². The van der Waals surface area contributed by atoms with E-state index >= 15 is 0 Å². The highest BCUT2D eigenvalue weighted by molar-refractivity contribution is 5.78. The van der Waals surface area contributed by atoms with E-state index in [1.807, 2.05) is 42.5 Å². The Kier molecular flexibility index (Phi) is 4.89. The minimum Gasteiger partial charge on any atom is -0.497 e. The van der Waals surface area contributed by atoms with Crippen molar-refractivity contribution in [2.24, 2.45) is 0 Å². The van der Waals surface area contributed by atoms with Gasteiger partial charge in [-0.15, -0.1) is 0 Å². The number of fused-ring (bicyclic) bond motifs is 1. The Labute approximate surface area is 141 Å². The van der Waals surface area contributed by atoms with Crippen molar-refractivity contribution in [2.45, 2.75) is 13.0 Å². The van der Waals surface area contributed by atoms with E-state index in [1.54, 1.807) is 19.1 Å². The monoisotopic (exact) mass is 327 g/mol. The number of ether oxygens (including phenoxy) is 3. The van der Waals surface area contributed by atoms with Crippen molar-refractivity contribution >= 4 is 5.91 Å². The number of rotatable bonds is 5. The maximum Gasteiger partial charge on any atom is 0.227 e. The van der Waals surface area contributed by atoms with Gasteiger partial charge < -0.3 is 19.1 Å². The summed E-state index contributed by atoms with van der Waals surface area (Å²) in [6.45, 7) is 1.66. The Bertz CT molecular complexity index is 729. The van der Waals surface area contributed by atoms with Crippen LogP contribution in [0.2, 0.25) is 0 Å². The van der Waals surface area contributed by atoms with Gasteiger partial charge in [-0.2, -0.15) is 0 Å². The summed E-state index contributed by atoms with van der Waals surface area (Å²) in [4.78, 5) is 14.1. The van der Waals surface area contributed by atoms with Gasteiger partial charge in [0.15, 0.2) is 11.5 Å². The number of nitrogens with zero attached hydrogens (tertiary/aromatic N) is 1. The predicted molar refractivity (Wildman–Crippen MR) is 90.6 cm³/mol. The second-order valence-corrected chi connectivity index (χ2v) is 5.76. The van der Waals surface area contributed by atoms with E-state index in [4.69, 9.17) is 14.2 Å². The third kappa shape index (κ3) is 3.79. The summed E-state index contributed by atoms with van der Waals surface area (Å²) in [5.41, 5.74) is 1.95. The number of carbonyl (C=O) groups is 1. The molecule has 1 heterocycles. The Morgan fingerprint density at radius 1 is 1.08 bits per heavy atom. The number of hydrogen-bond acceptors (Lipinski definition) is 4. The fourth-order valence-electron chi connectivity index (χ4n) is 2.64. The molecule has 0 N–H and O–H groups in total. The average Bonchev–Trinajstić information content (AvgIpc) is 2.61. The summed E-state index contributed by atoms with van der Waals surface area (Å²) < 4.78 is 16.3. The Morgan fingerprint density at radius 3 is 2.67 bits per heavy atom. The van der Waals surface area contributed by atoms with E-state index in [1.165, 1.54) is 0 Å². The lowest BCUT2D eigenvalue weighted by Gasteiger charge is -2.21. The van der Waals surface area contributed by atoms with Crippen molar-refractivity contribution < 1.29 is 19.0 Å². The number of benzene rings is 2. The fourth-order valence-corrected chi connectivity index (χ4v) is 2.64. The molecule has 0 fully saturated rings. The molecule has 0 atom stereocenters. The predicted octanol–water partition coefficient (Wildman–Crippen LogP) is 2.67. The van der Waals surface area contributed by atoms with E-state index in [9.17, 15) is 4.79 Å². The van der Waals surface area contributed by atoms with Crippen molar-refractivity contribution in [2.75, 3.05) is 27.4 Å². The topological polar surface area (TPSA) is 48.0 Å². The Balaban J connectivity index is 1.63. The summed E-state index contributed by atoms with van der Waals surface area (Å²) >= 11 is 0. The normalized spacial score (nSPS) is 12.6. The van der Waals surface area contributed by atoms with E-state index < -0.39 is 0 Å². The molecule has 0 saturated carbocycles. The lowest BCUT2D eigenvalue weighted by atomic mass is 10.1. The molecule has 24 heavy (non-hydrogen) atoms. The summed E-state index contributed by atoms with van der Waals surface area (Å²) in [7, 11) is 3.42. The molecule has 0 saturated heterocycles. The Hall–Kier alpha value is -2.69. The first kappa shape index (κ1) is 16.2. The number of carbonyl (C=O) groups excluding carboxylic acids is 1. The van der Waals surface area contributed by atoms with Crippen LogP contribution in [-0.4, -0.2) is 38.2 Å². The van der Waals surface area contributed by atoms with Crippen molar-refractivity contribution in [3.05, 3.63) is 53.6 Å². The van der Waals surface area contributed by atoms with Crippen molar-refractivity contribution in [1.29, 1.82) is 0 Å². The molecule has 2 aromatic rings. The quantitative estimate of drug-likeness (QED) is 0.847. The van der Waals surface area contributed by atoms with Crippen LogP contribution in [0.1, 0.15) is 11.1 Å². The van der Waals surface area contributed by atoms with Gasteiger partial charge in [0.2, 0.25) is 5.91 Å². The molecule has 0 aliphatic carbocycles. The molecular formula is C19H21NO4. The molecule has 0 unspecified atom stereocenters. The molecule has 1 aliphatic heterocycles. The second kappa shape index (κ2) is 7.25. The van der Waals surface area contributed by atoms with E-state index in [0.29, 0.717) is 26.2 Å². The molecule has 0 radical (unpaired) electrons. The summed E-state index contributed by atoms with van der Waals surface area (Å²) in [5, 5.41) is 0. The van der Waals surface area contributed by atoms with Gasteiger partial charge in [-0.05, 0) is 35.4 Å². The fraction of sp³-hybridized carbons (Fsp3) is 0.316. The first-order chi connectivity index (χ1) is 11.7. The van der Waals surface area contributed by atoms with Gasteiger partial charge in [0.05, 0.1) is 13.5 Å². The third-order valence-corrected chi connectivity index (χ3v) is 3.94. The highest BCUT2D eigenvalue weighted by Crippen LogP contribution is 2.31. The molecule has 0 spiro atoms.